The average Bonchev–Trinajstić information content (AvgIpc) is 3.34. The van der Waals surface area contributed by atoms with Crippen LogP contribution < -0.4 is 0 Å². The standard InChI is InChI=1S/C22H18N4S2/c1-2-26-20(24-25-22(26)27-14-15-8-4-3-5-9-15)19-13-17-12-16-10-6-7-11-18(16)23-21(17)28-19/h3-13H,2,14H2,1H3. The number of fused-ring (bicyclic) bond motifs is 2. The minimum atomic E-state index is 0.836. The fraction of sp³-hybridized carbons (Fsp3) is 0.136. The quantitative estimate of drug-likeness (QED) is 0.337. The molecule has 0 N–H and O–H groups in total. The Labute approximate surface area is 171 Å². The molecule has 0 amide bonds. The molecule has 0 aliphatic heterocycles. The SMILES string of the molecule is CCn1c(SCc2ccccc2)nnc1-c1cc2cc3ccccc3nc2s1. The zero-order valence-electron chi connectivity index (χ0n) is 15.4. The van der Waals surface area contributed by atoms with Crippen LogP contribution in [0.1, 0.15) is 12.5 Å². The third-order valence-electron chi connectivity index (χ3n) is 4.67. The Hall–Kier alpha value is -2.70. The van der Waals surface area contributed by atoms with Gasteiger partial charge in [0.2, 0.25) is 0 Å². The van der Waals surface area contributed by atoms with Crippen molar-refractivity contribution in [3.63, 3.8) is 0 Å². The van der Waals surface area contributed by atoms with Crippen LogP contribution in [-0.4, -0.2) is 19.7 Å². The molecule has 0 aliphatic carbocycles. The van der Waals surface area contributed by atoms with Crippen LogP contribution in [-0.2, 0) is 12.3 Å². The van der Waals surface area contributed by atoms with Gasteiger partial charge in [-0.3, -0.25) is 0 Å². The Morgan fingerprint density at radius 3 is 2.61 bits per heavy atom. The lowest BCUT2D eigenvalue weighted by atomic mass is 10.2. The summed E-state index contributed by atoms with van der Waals surface area (Å²) in [6.45, 7) is 2.97. The molecule has 5 aromatic rings. The lowest BCUT2D eigenvalue weighted by molar-refractivity contribution is 0.688. The first-order valence-electron chi connectivity index (χ1n) is 9.21. The molecule has 0 aliphatic rings. The summed E-state index contributed by atoms with van der Waals surface area (Å²) in [5, 5.41) is 12.2. The van der Waals surface area contributed by atoms with Crippen molar-refractivity contribution in [3.8, 4) is 10.7 Å². The molecule has 0 atom stereocenters. The third-order valence-corrected chi connectivity index (χ3v) is 6.75. The van der Waals surface area contributed by atoms with Crippen molar-refractivity contribution in [1.29, 1.82) is 0 Å². The number of hydrogen-bond acceptors (Lipinski definition) is 5. The van der Waals surface area contributed by atoms with E-state index in [0.29, 0.717) is 0 Å². The predicted molar refractivity (Wildman–Crippen MR) is 118 cm³/mol. The zero-order valence-corrected chi connectivity index (χ0v) is 17.0. The van der Waals surface area contributed by atoms with E-state index in [4.69, 9.17) is 4.98 Å². The molecule has 5 rings (SSSR count). The van der Waals surface area contributed by atoms with E-state index in [9.17, 15) is 0 Å². The van der Waals surface area contributed by atoms with Crippen molar-refractivity contribution < 1.29 is 0 Å². The second kappa shape index (κ2) is 7.37. The molecular formula is C22H18N4S2. The van der Waals surface area contributed by atoms with Crippen LogP contribution in [0.25, 0.3) is 31.8 Å². The van der Waals surface area contributed by atoms with Gasteiger partial charge in [0.25, 0.3) is 0 Å². The second-order valence-corrected chi connectivity index (χ2v) is 8.48. The number of rotatable bonds is 5. The fourth-order valence-electron chi connectivity index (χ4n) is 3.27. The van der Waals surface area contributed by atoms with Crippen LogP contribution in [0.3, 0.4) is 0 Å². The molecule has 28 heavy (non-hydrogen) atoms. The van der Waals surface area contributed by atoms with Crippen molar-refractivity contribution in [1.82, 2.24) is 19.7 Å². The lowest BCUT2D eigenvalue weighted by Crippen LogP contribution is -1.99. The first-order chi connectivity index (χ1) is 13.8. The third kappa shape index (κ3) is 3.19. The number of para-hydroxylation sites is 1. The average molecular weight is 403 g/mol. The molecule has 0 unspecified atom stereocenters. The molecule has 0 saturated carbocycles. The van der Waals surface area contributed by atoms with Gasteiger partial charge >= 0.3 is 0 Å². The molecule has 0 fully saturated rings. The van der Waals surface area contributed by atoms with Crippen LogP contribution >= 0.6 is 23.1 Å². The molecule has 0 spiro atoms. The monoisotopic (exact) mass is 402 g/mol. The van der Waals surface area contributed by atoms with E-state index >= 15 is 0 Å². The zero-order chi connectivity index (χ0) is 18.9. The number of nitrogens with zero attached hydrogens (tertiary/aromatic N) is 4. The highest BCUT2D eigenvalue weighted by Gasteiger charge is 2.16. The summed E-state index contributed by atoms with van der Waals surface area (Å²) < 4.78 is 2.19. The summed E-state index contributed by atoms with van der Waals surface area (Å²) in [6.07, 6.45) is 0. The van der Waals surface area contributed by atoms with Gasteiger partial charge in [-0.1, -0.05) is 60.3 Å². The molecule has 0 bridgehead atoms. The molecule has 4 nitrogen and oxygen atoms in total. The van der Waals surface area contributed by atoms with Gasteiger partial charge in [0.1, 0.15) is 4.83 Å². The van der Waals surface area contributed by atoms with Crippen molar-refractivity contribution in [3.05, 3.63) is 72.3 Å². The van der Waals surface area contributed by atoms with Crippen LogP contribution in [0.4, 0.5) is 0 Å². The summed E-state index contributed by atoms with van der Waals surface area (Å²) in [6, 6.07) is 23.1. The van der Waals surface area contributed by atoms with Gasteiger partial charge in [0.05, 0.1) is 10.4 Å². The predicted octanol–water partition coefficient (Wildman–Crippen LogP) is 6.02. The van der Waals surface area contributed by atoms with Crippen LogP contribution in [0.15, 0.2) is 71.9 Å². The number of hydrogen-bond donors (Lipinski definition) is 0. The van der Waals surface area contributed by atoms with E-state index in [1.807, 2.05) is 18.2 Å². The van der Waals surface area contributed by atoms with Crippen LogP contribution in [0.5, 0.6) is 0 Å². The van der Waals surface area contributed by atoms with E-state index in [1.165, 1.54) is 5.56 Å². The summed E-state index contributed by atoms with van der Waals surface area (Å²) in [5.74, 6) is 1.81. The number of aromatic nitrogens is 4. The maximum atomic E-state index is 4.82. The number of benzene rings is 2. The Balaban J connectivity index is 1.50. The number of thiophene rings is 1. The Morgan fingerprint density at radius 2 is 1.75 bits per heavy atom. The van der Waals surface area contributed by atoms with Crippen molar-refractivity contribution in [2.45, 2.75) is 24.4 Å². The first kappa shape index (κ1) is 17.4. The van der Waals surface area contributed by atoms with E-state index in [2.05, 4.69) is 70.2 Å². The Morgan fingerprint density at radius 1 is 0.929 bits per heavy atom. The van der Waals surface area contributed by atoms with E-state index in [1.54, 1.807) is 23.1 Å². The first-order valence-corrected chi connectivity index (χ1v) is 11.0. The van der Waals surface area contributed by atoms with Gasteiger partial charge in [-0.2, -0.15) is 0 Å². The van der Waals surface area contributed by atoms with Crippen LogP contribution in [0, 0.1) is 0 Å². The maximum absolute atomic E-state index is 4.82. The maximum Gasteiger partial charge on any atom is 0.191 e. The Bertz CT molecular complexity index is 1210. The summed E-state index contributed by atoms with van der Waals surface area (Å²) in [4.78, 5) is 6.97. The van der Waals surface area contributed by atoms with E-state index < -0.39 is 0 Å². The van der Waals surface area contributed by atoms with Gasteiger partial charge in [0, 0.05) is 23.1 Å². The van der Waals surface area contributed by atoms with Crippen LogP contribution in [0.2, 0.25) is 0 Å². The minimum absolute atomic E-state index is 0.836. The lowest BCUT2D eigenvalue weighted by Gasteiger charge is -2.06. The van der Waals surface area contributed by atoms with Gasteiger partial charge in [-0.15, -0.1) is 21.5 Å². The van der Waals surface area contributed by atoms with Gasteiger partial charge < -0.3 is 4.57 Å². The van der Waals surface area contributed by atoms with E-state index in [0.717, 1.165) is 49.3 Å². The van der Waals surface area contributed by atoms with Crippen molar-refractivity contribution >= 4 is 44.2 Å². The smallest absolute Gasteiger partial charge is 0.191 e. The molecule has 3 heterocycles. The molecule has 3 aromatic heterocycles. The highest BCUT2D eigenvalue weighted by Crippen LogP contribution is 2.35. The Kier molecular flexibility index (Phi) is 4.58. The molecule has 138 valence electrons. The topological polar surface area (TPSA) is 43.6 Å². The molecule has 0 saturated heterocycles. The molecule has 0 radical (unpaired) electrons. The molecular weight excluding hydrogens is 384 g/mol. The highest BCUT2D eigenvalue weighted by molar-refractivity contribution is 7.98. The largest absolute Gasteiger partial charge is 0.302 e. The molecule has 6 heteroatoms. The van der Waals surface area contributed by atoms with Gasteiger partial charge in [-0.25, -0.2) is 4.98 Å². The number of pyridine rings is 1. The van der Waals surface area contributed by atoms with Crippen molar-refractivity contribution in [2.24, 2.45) is 0 Å². The second-order valence-electron chi connectivity index (χ2n) is 6.51. The van der Waals surface area contributed by atoms with Gasteiger partial charge in [-0.05, 0) is 30.7 Å². The summed E-state index contributed by atoms with van der Waals surface area (Å²) in [5.41, 5.74) is 2.32. The number of thioether (sulfide) groups is 1. The summed E-state index contributed by atoms with van der Waals surface area (Å²) in [7, 11) is 0. The minimum Gasteiger partial charge on any atom is -0.302 e. The molecule has 2 aromatic carbocycles. The van der Waals surface area contributed by atoms with E-state index in [-0.39, 0.29) is 0 Å². The highest BCUT2D eigenvalue weighted by atomic mass is 32.2. The van der Waals surface area contributed by atoms with Gasteiger partial charge in [0.15, 0.2) is 11.0 Å². The summed E-state index contributed by atoms with van der Waals surface area (Å²) >= 11 is 3.41. The van der Waals surface area contributed by atoms with Crippen molar-refractivity contribution in [2.75, 3.05) is 0 Å². The normalized spacial score (nSPS) is 11.5. The fourth-order valence-corrected chi connectivity index (χ4v) is 5.24.